The number of ether oxygens (including phenoxy) is 1. The molecule has 1 aromatic carbocycles. The SMILES string of the molecule is CCOCCn1c(=NC(=O)C2CCCN(S(=O)(=O)c3ccc(Cl)s3)C2)sc2cc(C)c(C)cc21. The summed E-state index contributed by atoms with van der Waals surface area (Å²) in [5, 5.41) is 0. The molecule has 0 spiro atoms. The van der Waals surface area contributed by atoms with E-state index in [1.165, 1.54) is 32.8 Å². The Morgan fingerprint density at radius 3 is 2.71 bits per heavy atom. The van der Waals surface area contributed by atoms with E-state index in [1.807, 2.05) is 11.5 Å². The molecule has 1 fully saturated rings. The minimum atomic E-state index is -3.68. The van der Waals surface area contributed by atoms with Gasteiger partial charge in [0.25, 0.3) is 15.9 Å². The molecule has 0 aliphatic carbocycles. The third-order valence-corrected chi connectivity index (χ3v) is 10.6. The summed E-state index contributed by atoms with van der Waals surface area (Å²) in [5.41, 5.74) is 3.39. The Morgan fingerprint density at radius 1 is 1.24 bits per heavy atom. The number of hydrogen-bond acceptors (Lipinski definition) is 6. The van der Waals surface area contributed by atoms with Gasteiger partial charge in [-0.25, -0.2) is 8.42 Å². The van der Waals surface area contributed by atoms with Crippen molar-refractivity contribution in [2.24, 2.45) is 10.9 Å². The smallest absolute Gasteiger partial charge is 0.252 e. The number of thiazole rings is 1. The molecule has 4 rings (SSSR count). The van der Waals surface area contributed by atoms with E-state index in [9.17, 15) is 13.2 Å². The minimum absolute atomic E-state index is 0.127. The Kier molecular flexibility index (Phi) is 7.95. The number of aryl methyl sites for hydroxylation is 2. The highest BCUT2D eigenvalue weighted by molar-refractivity contribution is 7.91. The van der Waals surface area contributed by atoms with Gasteiger partial charge in [-0.05, 0) is 69.0 Å². The van der Waals surface area contributed by atoms with Crippen molar-refractivity contribution in [2.75, 3.05) is 26.3 Å². The highest BCUT2D eigenvalue weighted by Gasteiger charge is 2.34. The van der Waals surface area contributed by atoms with Crippen LogP contribution in [0.25, 0.3) is 10.2 Å². The van der Waals surface area contributed by atoms with Crippen LogP contribution in [0.5, 0.6) is 0 Å². The molecule has 34 heavy (non-hydrogen) atoms. The Bertz CT molecular complexity index is 1370. The standard InChI is InChI=1S/C23H28ClN3O4S3/c1-4-31-11-10-27-18-12-15(2)16(3)13-19(18)32-23(27)25-22(28)17-6-5-9-26(14-17)34(29,30)21-8-7-20(24)33-21/h7-8,12-13,17H,4-6,9-11,14H2,1-3H3. The summed E-state index contributed by atoms with van der Waals surface area (Å²) in [6.07, 6.45) is 1.22. The summed E-state index contributed by atoms with van der Waals surface area (Å²) in [5.74, 6) is -0.762. The number of benzene rings is 1. The Hall–Kier alpha value is -1.56. The molecule has 1 aliphatic heterocycles. The van der Waals surface area contributed by atoms with Crippen molar-refractivity contribution < 1.29 is 17.9 Å². The summed E-state index contributed by atoms with van der Waals surface area (Å²) in [4.78, 5) is 18.3. The molecule has 0 saturated carbocycles. The molecule has 3 heterocycles. The Labute approximate surface area is 212 Å². The fraction of sp³-hybridized carbons (Fsp3) is 0.478. The van der Waals surface area contributed by atoms with Crippen molar-refractivity contribution >= 4 is 60.4 Å². The van der Waals surface area contributed by atoms with Gasteiger partial charge in [-0.1, -0.05) is 22.9 Å². The average Bonchev–Trinajstić information content (AvgIpc) is 3.38. The van der Waals surface area contributed by atoms with Gasteiger partial charge in [0, 0.05) is 26.2 Å². The minimum Gasteiger partial charge on any atom is -0.380 e. The Balaban J connectivity index is 1.64. The number of nitrogens with zero attached hydrogens (tertiary/aromatic N) is 3. The Morgan fingerprint density at radius 2 is 2.00 bits per heavy atom. The summed E-state index contributed by atoms with van der Waals surface area (Å²) in [7, 11) is -3.68. The van der Waals surface area contributed by atoms with Gasteiger partial charge in [-0.15, -0.1) is 11.3 Å². The van der Waals surface area contributed by atoms with Gasteiger partial charge in [0.15, 0.2) is 4.80 Å². The maximum atomic E-state index is 13.2. The van der Waals surface area contributed by atoms with Crippen molar-refractivity contribution in [3.8, 4) is 0 Å². The molecule has 1 amide bonds. The lowest BCUT2D eigenvalue weighted by molar-refractivity contribution is -0.122. The predicted molar refractivity (Wildman–Crippen MR) is 137 cm³/mol. The van der Waals surface area contributed by atoms with E-state index >= 15 is 0 Å². The number of halogens is 1. The third-order valence-electron chi connectivity index (χ3n) is 6.04. The van der Waals surface area contributed by atoms with E-state index < -0.39 is 15.9 Å². The fourth-order valence-electron chi connectivity index (χ4n) is 4.03. The maximum absolute atomic E-state index is 13.2. The lowest BCUT2D eigenvalue weighted by Gasteiger charge is -2.29. The zero-order valence-corrected chi connectivity index (χ0v) is 22.6. The summed E-state index contributed by atoms with van der Waals surface area (Å²) in [6.45, 7) is 8.33. The second kappa shape index (κ2) is 10.6. The van der Waals surface area contributed by atoms with Crippen LogP contribution in [0.2, 0.25) is 4.34 Å². The largest absolute Gasteiger partial charge is 0.380 e. The maximum Gasteiger partial charge on any atom is 0.252 e. The summed E-state index contributed by atoms with van der Waals surface area (Å²) >= 11 is 8.45. The first-order valence-electron chi connectivity index (χ1n) is 11.2. The molecule has 11 heteroatoms. The zero-order valence-electron chi connectivity index (χ0n) is 19.4. The van der Waals surface area contributed by atoms with Crippen molar-refractivity contribution in [3.05, 3.63) is 44.5 Å². The first-order valence-corrected chi connectivity index (χ1v) is 14.7. The van der Waals surface area contributed by atoms with E-state index in [4.69, 9.17) is 16.3 Å². The van der Waals surface area contributed by atoms with Crippen LogP contribution in [0.1, 0.15) is 30.9 Å². The van der Waals surface area contributed by atoms with E-state index in [1.54, 1.807) is 6.07 Å². The zero-order chi connectivity index (χ0) is 24.5. The van der Waals surface area contributed by atoms with Crippen molar-refractivity contribution in [3.63, 3.8) is 0 Å². The molecule has 1 saturated heterocycles. The molecular formula is C23H28ClN3O4S3. The number of fused-ring (bicyclic) bond motifs is 1. The lowest BCUT2D eigenvalue weighted by atomic mass is 9.99. The molecule has 1 unspecified atom stereocenters. The van der Waals surface area contributed by atoms with Gasteiger partial charge in [-0.3, -0.25) is 4.79 Å². The number of aromatic nitrogens is 1. The number of carbonyl (C=O) groups excluding carboxylic acids is 1. The van der Waals surface area contributed by atoms with E-state index in [0.29, 0.717) is 48.3 Å². The van der Waals surface area contributed by atoms with Crippen LogP contribution in [-0.2, 0) is 26.1 Å². The summed E-state index contributed by atoms with van der Waals surface area (Å²) in [6, 6.07) is 7.34. The van der Waals surface area contributed by atoms with Gasteiger partial charge in [0.2, 0.25) is 0 Å². The van der Waals surface area contributed by atoms with Gasteiger partial charge in [0.05, 0.1) is 27.1 Å². The molecular weight excluding hydrogens is 514 g/mol. The molecule has 1 atom stereocenters. The number of piperidine rings is 1. The molecule has 2 aromatic heterocycles. The number of thiophene rings is 1. The number of amides is 1. The molecule has 0 N–H and O–H groups in total. The molecule has 184 valence electrons. The van der Waals surface area contributed by atoms with Crippen LogP contribution in [0.15, 0.2) is 33.5 Å². The topological polar surface area (TPSA) is 81.0 Å². The highest BCUT2D eigenvalue weighted by Crippen LogP contribution is 2.31. The number of sulfonamides is 1. The predicted octanol–water partition coefficient (Wildman–Crippen LogP) is 4.60. The van der Waals surface area contributed by atoms with Gasteiger partial charge in [-0.2, -0.15) is 9.30 Å². The summed E-state index contributed by atoms with van der Waals surface area (Å²) < 4.78 is 36.7. The van der Waals surface area contributed by atoms with Crippen LogP contribution in [0.4, 0.5) is 0 Å². The first kappa shape index (κ1) is 25.5. The van der Waals surface area contributed by atoms with Crippen LogP contribution in [0.3, 0.4) is 0 Å². The second-order valence-electron chi connectivity index (χ2n) is 8.35. The van der Waals surface area contributed by atoms with E-state index in [0.717, 1.165) is 21.6 Å². The number of rotatable bonds is 7. The van der Waals surface area contributed by atoms with Gasteiger partial charge in [0.1, 0.15) is 4.21 Å². The second-order valence-corrected chi connectivity index (χ2v) is 13.2. The van der Waals surface area contributed by atoms with E-state index in [-0.39, 0.29) is 16.7 Å². The molecule has 1 aliphatic rings. The highest BCUT2D eigenvalue weighted by atomic mass is 35.5. The van der Waals surface area contributed by atoms with Crippen LogP contribution >= 0.6 is 34.3 Å². The van der Waals surface area contributed by atoms with Gasteiger partial charge < -0.3 is 9.30 Å². The molecule has 3 aromatic rings. The monoisotopic (exact) mass is 541 g/mol. The van der Waals surface area contributed by atoms with Crippen molar-refractivity contribution in [1.82, 2.24) is 8.87 Å². The average molecular weight is 542 g/mol. The normalized spacial score (nSPS) is 18.1. The third kappa shape index (κ3) is 5.32. The van der Waals surface area contributed by atoms with Crippen LogP contribution in [0, 0.1) is 19.8 Å². The number of carbonyl (C=O) groups is 1. The fourth-order valence-corrected chi connectivity index (χ4v) is 8.34. The van der Waals surface area contributed by atoms with Crippen LogP contribution < -0.4 is 4.80 Å². The number of hydrogen-bond donors (Lipinski definition) is 0. The van der Waals surface area contributed by atoms with E-state index in [2.05, 4.69) is 31.0 Å². The van der Waals surface area contributed by atoms with Gasteiger partial charge >= 0.3 is 0 Å². The molecule has 7 nitrogen and oxygen atoms in total. The lowest BCUT2D eigenvalue weighted by Crippen LogP contribution is -2.42. The first-order chi connectivity index (χ1) is 16.2. The molecule has 0 radical (unpaired) electrons. The van der Waals surface area contributed by atoms with Crippen LogP contribution in [-0.4, -0.2) is 49.5 Å². The quantitative estimate of drug-likeness (QED) is 0.409. The van der Waals surface area contributed by atoms with Crippen molar-refractivity contribution in [1.29, 1.82) is 0 Å². The molecule has 0 bridgehead atoms. The van der Waals surface area contributed by atoms with Crippen molar-refractivity contribution in [2.45, 2.75) is 44.4 Å².